The largest absolute Gasteiger partial charge is 0.494 e. The maximum Gasteiger partial charge on any atom is 0.222 e. The molecule has 0 amide bonds. The molecule has 0 aliphatic heterocycles. The van der Waals surface area contributed by atoms with Gasteiger partial charge in [-0.1, -0.05) is 41.9 Å². The zero-order valence-electron chi connectivity index (χ0n) is 14.8. The van der Waals surface area contributed by atoms with Crippen molar-refractivity contribution in [3.63, 3.8) is 0 Å². The standard InChI is InChI=1S/C20H21ClN4O.ClH/c21-15-8-6-7-14(13-15)18-17(24-20(23)25-19(18)22)11-4-5-12-26-16-9-2-1-3-10-16;/h1-3,6-10,13H,4-5,11-12H2,(H4,22,23,24,25);1H. The Bertz CT molecular complexity index is 875. The molecule has 27 heavy (non-hydrogen) atoms. The number of halogens is 2. The zero-order chi connectivity index (χ0) is 18.4. The highest BCUT2D eigenvalue weighted by molar-refractivity contribution is 6.30. The Morgan fingerprint density at radius 3 is 2.44 bits per heavy atom. The lowest BCUT2D eigenvalue weighted by Gasteiger charge is -2.12. The molecule has 2 aromatic carbocycles. The smallest absolute Gasteiger partial charge is 0.222 e. The second-order valence-corrected chi connectivity index (χ2v) is 6.35. The van der Waals surface area contributed by atoms with Crippen LogP contribution < -0.4 is 16.2 Å². The highest BCUT2D eigenvalue weighted by atomic mass is 35.5. The van der Waals surface area contributed by atoms with E-state index >= 15 is 0 Å². The summed E-state index contributed by atoms with van der Waals surface area (Å²) in [4.78, 5) is 8.50. The lowest BCUT2D eigenvalue weighted by molar-refractivity contribution is 0.307. The average molecular weight is 405 g/mol. The van der Waals surface area contributed by atoms with Crippen LogP contribution in [0.2, 0.25) is 5.02 Å². The minimum absolute atomic E-state index is 0. The van der Waals surface area contributed by atoms with Gasteiger partial charge in [-0.05, 0) is 49.1 Å². The molecule has 0 saturated carbocycles. The normalized spacial score (nSPS) is 10.3. The van der Waals surface area contributed by atoms with E-state index in [1.165, 1.54) is 0 Å². The van der Waals surface area contributed by atoms with Crippen LogP contribution in [0.5, 0.6) is 5.75 Å². The molecule has 0 radical (unpaired) electrons. The number of rotatable bonds is 7. The minimum atomic E-state index is 0. The van der Waals surface area contributed by atoms with Crippen molar-refractivity contribution in [2.45, 2.75) is 19.3 Å². The maximum atomic E-state index is 6.11. The molecule has 5 nitrogen and oxygen atoms in total. The lowest BCUT2D eigenvalue weighted by atomic mass is 10.0. The number of anilines is 2. The van der Waals surface area contributed by atoms with Crippen molar-refractivity contribution in [3.05, 3.63) is 65.3 Å². The molecule has 0 atom stereocenters. The number of unbranched alkanes of at least 4 members (excludes halogenated alkanes) is 1. The van der Waals surface area contributed by atoms with Crippen molar-refractivity contribution in [1.29, 1.82) is 0 Å². The Balaban J connectivity index is 0.00000261. The molecule has 0 fully saturated rings. The molecular formula is C20H22Cl2N4O. The molecule has 3 aromatic rings. The predicted octanol–water partition coefficient (Wildman–Crippen LogP) is 4.78. The third-order valence-electron chi connectivity index (χ3n) is 3.96. The molecule has 1 aromatic heterocycles. The van der Waals surface area contributed by atoms with E-state index in [0.717, 1.165) is 41.8 Å². The van der Waals surface area contributed by atoms with Crippen LogP contribution in [-0.2, 0) is 6.42 Å². The molecule has 0 aliphatic carbocycles. The van der Waals surface area contributed by atoms with Gasteiger partial charge in [-0.15, -0.1) is 12.4 Å². The maximum absolute atomic E-state index is 6.11. The van der Waals surface area contributed by atoms with Crippen molar-refractivity contribution in [3.8, 4) is 16.9 Å². The number of hydrogen-bond acceptors (Lipinski definition) is 5. The molecule has 4 N–H and O–H groups in total. The van der Waals surface area contributed by atoms with Crippen LogP contribution in [0.15, 0.2) is 54.6 Å². The van der Waals surface area contributed by atoms with E-state index in [-0.39, 0.29) is 18.4 Å². The van der Waals surface area contributed by atoms with Crippen LogP contribution in [0.1, 0.15) is 18.5 Å². The first-order valence-electron chi connectivity index (χ1n) is 8.49. The van der Waals surface area contributed by atoms with E-state index in [1.54, 1.807) is 0 Å². The molecule has 7 heteroatoms. The van der Waals surface area contributed by atoms with Gasteiger partial charge >= 0.3 is 0 Å². The molecule has 0 bridgehead atoms. The van der Waals surface area contributed by atoms with E-state index in [4.69, 9.17) is 27.8 Å². The third-order valence-corrected chi connectivity index (χ3v) is 4.20. The van der Waals surface area contributed by atoms with Crippen LogP contribution >= 0.6 is 24.0 Å². The summed E-state index contributed by atoms with van der Waals surface area (Å²) in [5.41, 5.74) is 14.4. The number of nitrogens with two attached hydrogens (primary N) is 2. The van der Waals surface area contributed by atoms with Crippen LogP contribution in [0.3, 0.4) is 0 Å². The van der Waals surface area contributed by atoms with Gasteiger partial charge in [0.25, 0.3) is 0 Å². The number of benzene rings is 2. The number of aryl methyl sites for hydroxylation is 1. The molecular weight excluding hydrogens is 383 g/mol. The molecule has 0 spiro atoms. The topological polar surface area (TPSA) is 87.0 Å². The van der Waals surface area contributed by atoms with Crippen molar-refractivity contribution in [2.75, 3.05) is 18.1 Å². The average Bonchev–Trinajstić information content (AvgIpc) is 2.62. The predicted molar refractivity (Wildman–Crippen MR) is 113 cm³/mol. The Morgan fingerprint density at radius 2 is 1.70 bits per heavy atom. The van der Waals surface area contributed by atoms with E-state index < -0.39 is 0 Å². The fraction of sp³-hybridized carbons (Fsp3) is 0.200. The number of nitrogens with zero attached hydrogens (tertiary/aromatic N) is 2. The monoisotopic (exact) mass is 404 g/mol. The van der Waals surface area contributed by atoms with Gasteiger partial charge in [0, 0.05) is 10.6 Å². The Labute approximate surface area is 170 Å². The summed E-state index contributed by atoms with van der Waals surface area (Å²) < 4.78 is 5.72. The fourth-order valence-electron chi connectivity index (χ4n) is 2.79. The van der Waals surface area contributed by atoms with Gasteiger partial charge in [0.1, 0.15) is 11.6 Å². The van der Waals surface area contributed by atoms with Crippen LogP contribution in [-0.4, -0.2) is 16.6 Å². The fourth-order valence-corrected chi connectivity index (χ4v) is 2.98. The van der Waals surface area contributed by atoms with Gasteiger partial charge in [0.05, 0.1) is 12.3 Å². The molecule has 0 saturated heterocycles. The van der Waals surface area contributed by atoms with Crippen molar-refractivity contribution in [1.82, 2.24) is 9.97 Å². The minimum Gasteiger partial charge on any atom is -0.494 e. The summed E-state index contributed by atoms with van der Waals surface area (Å²) in [6.45, 7) is 0.645. The summed E-state index contributed by atoms with van der Waals surface area (Å²) >= 11 is 6.11. The second-order valence-electron chi connectivity index (χ2n) is 5.92. The SMILES string of the molecule is Cl.Nc1nc(N)c(-c2cccc(Cl)c2)c(CCCCOc2ccccc2)n1. The van der Waals surface area contributed by atoms with E-state index in [2.05, 4.69) is 9.97 Å². The number of ether oxygens (including phenoxy) is 1. The number of hydrogen-bond donors (Lipinski definition) is 2. The van der Waals surface area contributed by atoms with Crippen LogP contribution in [0, 0.1) is 0 Å². The third kappa shape index (κ3) is 5.74. The molecule has 142 valence electrons. The van der Waals surface area contributed by atoms with Crippen molar-refractivity contribution >= 4 is 35.8 Å². The first-order valence-corrected chi connectivity index (χ1v) is 8.87. The van der Waals surface area contributed by atoms with Crippen LogP contribution in [0.25, 0.3) is 11.1 Å². The number of para-hydroxylation sites is 1. The summed E-state index contributed by atoms with van der Waals surface area (Å²) in [5, 5.41) is 0.640. The van der Waals surface area contributed by atoms with E-state index in [9.17, 15) is 0 Å². The van der Waals surface area contributed by atoms with Crippen LogP contribution in [0.4, 0.5) is 11.8 Å². The first-order chi connectivity index (χ1) is 12.6. The molecule has 3 rings (SSSR count). The molecule has 0 unspecified atom stereocenters. The van der Waals surface area contributed by atoms with Gasteiger partial charge in [0.2, 0.25) is 5.95 Å². The molecule has 1 heterocycles. The summed E-state index contributed by atoms with van der Waals surface area (Å²) in [6.07, 6.45) is 2.53. The van der Waals surface area contributed by atoms with Gasteiger partial charge in [-0.25, -0.2) is 4.98 Å². The highest BCUT2D eigenvalue weighted by Crippen LogP contribution is 2.30. The number of aromatic nitrogens is 2. The van der Waals surface area contributed by atoms with E-state index in [0.29, 0.717) is 17.4 Å². The van der Waals surface area contributed by atoms with Gasteiger partial charge < -0.3 is 16.2 Å². The zero-order valence-corrected chi connectivity index (χ0v) is 16.3. The van der Waals surface area contributed by atoms with Crippen molar-refractivity contribution < 1.29 is 4.74 Å². The van der Waals surface area contributed by atoms with E-state index in [1.807, 2.05) is 54.6 Å². The molecule has 0 aliphatic rings. The quantitative estimate of drug-likeness (QED) is 0.552. The van der Waals surface area contributed by atoms with Gasteiger partial charge in [0.15, 0.2) is 0 Å². The Hall–Kier alpha value is -2.50. The summed E-state index contributed by atoms with van der Waals surface area (Å²) in [7, 11) is 0. The lowest BCUT2D eigenvalue weighted by Crippen LogP contribution is -2.07. The second kappa shape index (κ2) is 10.00. The summed E-state index contributed by atoms with van der Waals surface area (Å²) in [6, 6.07) is 17.3. The Morgan fingerprint density at radius 1 is 0.926 bits per heavy atom. The number of nitrogen functional groups attached to an aromatic ring is 2. The highest BCUT2D eigenvalue weighted by Gasteiger charge is 2.14. The summed E-state index contributed by atoms with van der Waals surface area (Å²) in [5.74, 6) is 1.43. The Kier molecular flexibility index (Phi) is 7.70. The van der Waals surface area contributed by atoms with Crippen molar-refractivity contribution in [2.24, 2.45) is 0 Å². The van der Waals surface area contributed by atoms with Gasteiger partial charge in [-0.2, -0.15) is 4.98 Å². The first kappa shape index (κ1) is 20.8. The van der Waals surface area contributed by atoms with Gasteiger partial charge in [-0.3, -0.25) is 0 Å².